The summed E-state index contributed by atoms with van der Waals surface area (Å²) in [5.41, 5.74) is 6.00. The number of amides is 2. The molecule has 1 aliphatic heterocycles. The van der Waals surface area contributed by atoms with Crippen LogP contribution < -0.4 is 5.32 Å². The molecule has 9 heteroatoms. The number of Topliss-reactive ketones (excluding diaryl/α,β-unsaturated/α-hetero) is 1. The molecule has 0 radical (unpaired) electrons. The number of aromatic nitrogens is 1. The lowest BCUT2D eigenvalue weighted by Gasteiger charge is -2.33. The van der Waals surface area contributed by atoms with Crippen LogP contribution in [-0.4, -0.2) is 57.5 Å². The first-order valence-electron chi connectivity index (χ1n) is 13.3. The highest BCUT2D eigenvalue weighted by atomic mass is 32.1. The summed E-state index contributed by atoms with van der Waals surface area (Å²) in [7, 11) is 0. The van der Waals surface area contributed by atoms with Gasteiger partial charge in [0.2, 0.25) is 5.91 Å². The normalized spacial score (nSPS) is 24.3. The van der Waals surface area contributed by atoms with Crippen molar-refractivity contribution >= 4 is 28.9 Å². The van der Waals surface area contributed by atoms with E-state index < -0.39 is 36.1 Å². The van der Waals surface area contributed by atoms with Gasteiger partial charge in [0.1, 0.15) is 6.17 Å². The molecule has 39 heavy (non-hydrogen) atoms. The van der Waals surface area contributed by atoms with Gasteiger partial charge in [-0.05, 0) is 49.8 Å². The molecular formula is C30H36FN3O4S. The molecule has 4 rings (SSSR count). The molecule has 1 fully saturated rings. The predicted octanol–water partition coefficient (Wildman–Crippen LogP) is 4.40. The van der Waals surface area contributed by atoms with Crippen molar-refractivity contribution in [2.45, 2.75) is 65.9 Å². The number of hydrogen-bond acceptors (Lipinski definition) is 6. The highest BCUT2D eigenvalue weighted by Crippen LogP contribution is 2.39. The summed E-state index contributed by atoms with van der Waals surface area (Å²) in [6.45, 7) is 9.66. The molecule has 2 amide bonds. The van der Waals surface area contributed by atoms with E-state index in [4.69, 9.17) is 0 Å². The van der Waals surface area contributed by atoms with Crippen LogP contribution >= 0.6 is 11.3 Å². The number of halogens is 1. The molecule has 0 bridgehead atoms. The number of hydrogen-bond donors (Lipinski definition) is 2. The molecule has 1 aliphatic carbocycles. The van der Waals surface area contributed by atoms with E-state index in [2.05, 4.69) is 10.3 Å². The van der Waals surface area contributed by atoms with Gasteiger partial charge in [0, 0.05) is 24.6 Å². The fourth-order valence-electron chi connectivity index (χ4n) is 5.67. The number of carbonyl (C=O) groups is 3. The number of allylic oxidation sites excluding steroid dienone is 1. The molecule has 2 aliphatic rings. The van der Waals surface area contributed by atoms with Crippen LogP contribution in [0.3, 0.4) is 0 Å². The minimum atomic E-state index is -1.86. The van der Waals surface area contributed by atoms with E-state index in [1.54, 1.807) is 23.8 Å². The van der Waals surface area contributed by atoms with E-state index in [1.165, 1.54) is 4.90 Å². The minimum absolute atomic E-state index is 0.152. The van der Waals surface area contributed by atoms with Crippen molar-refractivity contribution in [3.63, 3.8) is 0 Å². The van der Waals surface area contributed by atoms with Crippen LogP contribution in [0.15, 0.2) is 53.1 Å². The van der Waals surface area contributed by atoms with Gasteiger partial charge < -0.3 is 15.3 Å². The van der Waals surface area contributed by atoms with Crippen LogP contribution in [0.2, 0.25) is 0 Å². The van der Waals surface area contributed by atoms with Gasteiger partial charge in [0.15, 0.2) is 5.78 Å². The lowest BCUT2D eigenvalue weighted by Crippen LogP contribution is -2.51. The number of aliphatic hydroxyl groups excluding tert-OH is 1. The van der Waals surface area contributed by atoms with E-state index in [0.717, 1.165) is 27.3 Å². The molecule has 0 saturated heterocycles. The second-order valence-corrected chi connectivity index (χ2v) is 11.6. The van der Waals surface area contributed by atoms with Gasteiger partial charge >= 0.3 is 0 Å². The van der Waals surface area contributed by atoms with E-state index in [-0.39, 0.29) is 37.1 Å². The molecular weight excluding hydrogens is 517 g/mol. The molecule has 1 unspecified atom stereocenters. The van der Waals surface area contributed by atoms with Crippen molar-refractivity contribution in [2.24, 2.45) is 17.8 Å². The SMILES string of the molecule is C/C=C\C1=C(C)C(=O)N([C@H](C(=O)[C@H]2C[C@H](O)C(F)[C@H]2C(=O)NCc2ccc(-c3scnc3C)cc2)C(C)C)C1. The van der Waals surface area contributed by atoms with E-state index >= 15 is 4.39 Å². The van der Waals surface area contributed by atoms with Crippen LogP contribution in [0.25, 0.3) is 10.4 Å². The van der Waals surface area contributed by atoms with E-state index in [9.17, 15) is 19.5 Å². The summed E-state index contributed by atoms with van der Waals surface area (Å²) in [5.74, 6) is -3.83. The van der Waals surface area contributed by atoms with Gasteiger partial charge in [-0.1, -0.05) is 50.3 Å². The van der Waals surface area contributed by atoms with Crippen molar-refractivity contribution in [3.05, 3.63) is 64.3 Å². The molecule has 5 atom stereocenters. The van der Waals surface area contributed by atoms with Crippen LogP contribution in [0, 0.1) is 24.7 Å². The average Bonchev–Trinajstić information content (AvgIpc) is 3.55. The first-order valence-corrected chi connectivity index (χ1v) is 14.2. The van der Waals surface area contributed by atoms with Gasteiger partial charge in [-0.15, -0.1) is 11.3 Å². The highest BCUT2D eigenvalue weighted by Gasteiger charge is 2.53. The molecule has 2 N–H and O–H groups in total. The second kappa shape index (κ2) is 11.9. The Hall–Kier alpha value is -3.17. The van der Waals surface area contributed by atoms with Crippen LogP contribution in [0.1, 0.15) is 45.4 Å². The number of nitrogens with zero attached hydrogens (tertiary/aromatic N) is 2. The standard InChI is InChI=1S/C30H36FN3O4S/c1-6-7-21-14-34(30(38)17(21)4)26(16(2)3)27(36)22-12-23(35)25(31)24(22)29(37)32-13-19-8-10-20(11-9-19)28-18(5)33-15-39-28/h6-11,15-16,22-26,35H,12-14H2,1-5H3,(H,32,37)/b7-6-/t22-,23-,24-,25?,26-/m0/s1. The van der Waals surface area contributed by atoms with Crippen molar-refractivity contribution in [2.75, 3.05) is 6.54 Å². The molecule has 1 saturated carbocycles. The lowest BCUT2D eigenvalue weighted by molar-refractivity contribution is -0.142. The van der Waals surface area contributed by atoms with Gasteiger partial charge in [0.25, 0.3) is 5.91 Å². The van der Waals surface area contributed by atoms with Crippen LogP contribution in [-0.2, 0) is 20.9 Å². The third-order valence-corrected chi connectivity index (χ3v) is 8.74. The molecule has 208 valence electrons. The van der Waals surface area contributed by atoms with Gasteiger partial charge in [-0.2, -0.15) is 0 Å². The Morgan fingerprint density at radius 3 is 2.54 bits per heavy atom. The smallest absolute Gasteiger partial charge is 0.250 e. The first kappa shape index (κ1) is 28.8. The predicted molar refractivity (Wildman–Crippen MR) is 149 cm³/mol. The number of thiazole rings is 1. The van der Waals surface area contributed by atoms with Gasteiger partial charge in [-0.3, -0.25) is 14.4 Å². The number of aryl methyl sites for hydroxylation is 1. The number of nitrogens with one attached hydrogen (secondary N) is 1. The Labute approximate surface area is 232 Å². The zero-order valence-corrected chi connectivity index (χ0v) is 23.8. The van der Waals surface area contributed by atoms with Crippen LogP contribution in [0.5, 0.6) is 0 Å². The zero-order valence-electron chi connectivity index (χ0n) is 23.0. The van der Waals surface area contributed by atoms with Crippen molar-refractivity contribution in [1.82, 2.24) is 15.2 Å². The molecule has 1 aromatic carbocycles. The number of alkyl halides is 1. The van der Waals surface area contributed by atoms with Gasteiger partial charge in [-0.25, -0.2) is 9.37 Å². The quantitative estimate of drug-likeness (QED) is 0.480. The molecule has 1 aromatic heterocycles. The molecule has 2 heterocycles. The van der Waals surface area contributed by atoms with Crippen molar-refractivity contribution in [3.8, 4) is 10.4 Å². The summed E-state index contributed by atoms with van der Waals surface area (Å²) < 4.78 is 15.2. The van der Waals surface area contributed by atoms with E-state index in [0.29, 0.717) is 5.57 Å². The number of rotatable bonds is 9. The monoisotopic (exact) mass is 553 g/mol. The lowest BCUT2D eigenvalue weighted by atomic mass is 9.83. The van der Waals surface area contributed by atoms with Crippen LogP contribution in [0.4, 0.5) is 4.39 Å². The Bertz CT molecular complexity index is 1300. The zero-order chi connectivity index (χ0) is 28.4. The fourth-order valence-corrected chi connectivity index (χ4v) is 6.48. The first-order chi connectivity index (χ1) is 18.5. The maximum atomic E-state index is 15.2. The van der Waals surface area contributed by atoms with Crippen molar-refractivity contribution in [1.29, 1.82) is 0 Å². The molecule has 7 nitrogen and oxygen atoms in total. The third-order valence-electron chi connectivity index (χ3n) is 7.77. The second-order valence-electron chi connectivity index (χ2n) is 10.7. The average molecular weight is 554 g/mol. The van der Waals surface area contributed by atoms with Crippen molar-refractivity contribution < 1.29 is 23.9 Å². The van der Waals surface area contributed by atoms with E-state index in [1.807, 2.05) is 64.1 Å². The fraction of sp³-hybridized carbons (Fsp3) is 0.467. The highest BCUT2D eigenvalue weighted by molar-refractivity contribution is 7.13. The molecule has 2 aromatic rings. The summed E-state index contributed by atoms with van der Waals surface area (Å²) in [6, 6.07) is 6.85. The Kier molecular flexibility index (Phi) is 8.81. The number of carbonyl (C=O) groups excluding carboxylic acids is 3. The topological polar surface area (TPSA) is 99.6 Å². The van der Waals surface area contributed by atoms with Gasteiger partial charge in [0.05, 0.1) is 34.1 Å². The number of ketones is 1. The molecule has 0 spiro atoms. The summed E-state index contributed by atoms with van der Waals surface area (Å²) in [4.78, 5) is 47.0. The summed E-state index contributed by atoms with van der Waals surface area (Å²) >= 11 is 1.55. The number of benzene rings is 1. The summed E-state index contributed by atoms with van der Waals surface area (Å²) in [5, 5.41) is 13.1. The Balaban J connectivity index is 1.48. The number of aliphatic hydroxyl groups is 1. The maximum Gasteiger partial charge on any atom is 0.250 e. The maximum absolute atomic E-state index is 15.2. The Morgan fingerprint density at radius 2 is 1.95 bits per heavy atom. The summed E-state index contributed by atoms with van der Waals surface area (Å²) in [6.07, 6.45) is 0.263. The minimum Gasteiger partial charge on any atom is -0.390 e. The Morgan fingerprint density at radius 1 is 1.26 bits per heavy atom. The third kappa shape index (κ3) is 5.75. The largest absolute Gasteiger partial charge is 0.390 e.